The summed E-state index contributed by atoms with van der Waals surface area (Å²) in [5.74, 6) is 7.37. The summed E-state index contributed by atoms with van der Waals surface area (Å²) in [4.78, 5) is 0. The quantitative estimate of drug-likeness (QED) is 0.787. The molecule has 1 atom stereocenters. The maximum Gasteiger partial charge on any atom is 0.118 e. The van der Waals surface area contributed by atoms with Gasteiger partial charge in [0.15, 0.2) is 0 Å². The lowest BCUT2D eigenvalue weighted by Gasteiger charge is -2.06. The SMILES string of the molecule is CCCC(C#CCc1ccc(OC)cc1)NC. The number of rotatable bonds is 5. The smallest absolute Gasteiger partial charge is 0.118 e. The molecule has 0 fully saturated rings. The Hall–Kier alpha value is -1.46. The largest absolute Gasteiger partial charge is 0.497 e. The first-order valence-electron chi connectivity index (χ1n) is 6.08. The second-order valence-corrected chi connectivity index (χ2v) is 3.98. The molecule has 0 saturated heterocycles. The number of ether oxygens (including phenoxy) is 1. The number of nitrogens with one attached hydrogen (secondary N) is 1. The van der Waals surface area contributed by atoms with E-state index in [1.54, 1.807) is 7.11 Å². The van der Waals surface area contributed by atoms with Crippen LogP contribution in [0, 0.1) is 11.8 Å². The topological polar surface area (TPSA) is 21.3 Å². The summed E-state index contributed by atoms with van der Waals surface area (Å²) in [7, 11) is 3.64. The Bertz CT molecular complexity index is 372. The highest BCUT2D eigenvalue weighted by atomic mass is 16.5. The predicted octanol–water partition coefficient (Wildman–Crippen LogP) is 2.63. The molecule has 1 aromatic rings. The van der Waals surface area contributed by atoms with Gasteiger partial charge in [0.1, 0.15) is 5.75 Å². The third-order valence-electron chi connectivity index (χ3n) is 2.65. The van der Waals surface area contributed by atoms with E-state index in [4.69, 9.17) is 4.74 Å². The van der Waals surface area contributed by atoms with Crippen LogP contribution in [0.3, 0.4) is 0 Å². The zero-order chi connectivity index (χ0) is 12.5. The summed E-state index contributed by atoms with van der Waals surface area (Å²) in [6.45, 7) is 2.18. The minimum Gasteiger partial charge on any atom is -0.497 e. The van der Waals surface area contributed by atoms with Crippen LogP contribution in [0.15, 0.2) is 24.3 Å². The first kappa shape index (κ1) is 13.6. The number of methoxy groups -OCH3 is 1. The Balaban J connectivity index is 2.51. The normalized spacial score (nSPS) is 11.5. The summed E-state index contributed by atoms with van der Waals surface area (Å²) in [6, 6.07) is 8.37. The van der Waals surface area contributed by atoms with Crippen LogP contribution in [0.2, 0.25) is 0 Å². The van der Waals surface area contributed by atoms with Crippen molar-refractivity contribution >= 4 is 0 Å². The van der Waals surface area contributed by atoms with E-state index < -0.39 is 0 Å². The third-order valence-corrected chi connectivity index (χ3v) is 2.65. The van der Waals surface area contributed by atoms with Crippen molar-refractivity contribution in [1.82, 2.24) is 5.32 Å². The average Bonchev–Trinajstić information content (AvgIpc) is 2.38. The molecular weight excluding hydrogens is 210 g/mol. The Morgan fingerprint density at radius 3 is 2.53 bits per heavy atom. The van der Waals surface area contributed by atoms with E-state index in [1.807, 2.05) is 19.2 Å². The molecule has 0 aliphatic rings. The van der Waals surface area contributed by atoms with Crippen molar-refractivity contribution in [2.75, 3.05) is 14.2 Å². The highest BCUT2D eigenvalue weighted by Gasteiger charge is 1.97. The van der Waals surface area contributed by atoms with Gasteiger partial charge in [-0.3, -0.25) is 0 Å². The number of hydrogen-bond donors (Lipinski definition) is 1. The van der Waals surface area contributed by atoms with Gasteiger partial charge in [0.2, 0.25) is 0 Å². The van der Waals surface area contributed by atoms with E-state index in [-0.39, 0.29) is 0 Å². The Kier molecular flexibility index (Phi) is 6.21. The van der Waals surface area contributed by atoms with Crippen molar-refractivity contribution < 1.29 is 4.74 Å². The average molecular weight is 231 g/mol. The van der Waals surface area contributed by atoms with E-state index in [9.17, 15) is 0 Å². The molecule has 0 aliphatic carbocycles. The molecule has 0 bridgehead atoms. The lowest BCUT2D eigenvalue weighted by atomic mass is 10.1. The van der Waals surface area contributed by atoms with Crippen LogP contribution in [0.4, 0.5) is 0 Å². The van der Waals surface area contributed by atoms with Gasteiger partial charge in [0, 0.05) is 6.42 Å². The second kappa shape index (κ2) is 7.76. The van der Waals surface area contributed by atoms with Gasteiger partial charge in [-0.25, -0.2) is 0 Å². The van der Waals surface area contributed by atoms with E-state index in [1.165, 1.54) is 5.56 Å². The molecule has 92 valence electrons. The monoisotopic (exact) mass is 231 g/mol. The van der Waals surface area contributed by atoms with Gasteiger partial charge in [-0.15, -0.1) is 0 Å². The zero-order valence-corrected chi connectivity index (χ0v) is 10.9. The lowest BCUT2D eigenvalue weighted by Crippen LogP contribution is -2.22. The fourth-order valence-corrected chi connectivity index (χ4v) is 1.60. The van der Waals surface area contributed by atoms with Crippen LogP contribution in [0.1, 0.15) is 25.3 Å². The maximum atomic E-state index is 5.12. The summed E-state index contributed by atoms with van der Waals surface area (Å²) >= 11 is 0. The summed E-state index contributed by atoms with van der Waals surface area (Å²) < 4.78 is 5.12. The summed E-state index contributed by atoms with van der Waals surface area (Å²) in [6.07, 6.45) is 3.06. The number of hydrogen-bond acceptors (Lipinski definition) is 2. The van der Waals surface area contributed by atoms with Crippen molar-refractivity contribution in [3.8, 4) is 17.6 Å². The van der Waals surface area contributed by atoms with Gasteiger partial charge in [-0.05, 0) is 31.2 Å². The molecule has 1 N–H and O–H groups in total. The van der Waals surface area contributed by atoms with Gasteiger partial charge in [-0.1, -0.05) is 37.3 Å². The Morgan fingerprint density at radius 1 is 1.29 bits per heavy atom. The van der Waals surface area contributed by atoms with Crippen LogP contribution in [-0.4, -0.2) is 20.2 Å². The van der Waals surface area contributed by atoms with Gasteiger partial charge < -0.3 is 10.1 Å². The third kappa shape index (κ3) is 4.93. The van der Waals surface area contributed by atoms with Gasteiger partial charge >= 0.3 is 0 Å². The van der Waals surface area contributed by atoms with Crippen molar-refractivity contribution in [3.63, 3.8) is 0 Å². The molecule has 0 aromatic heterocycles. The molecule has 0 saturated carbocycles. The van der Waals surface area contributed by atoms with Crippen LogP contribution in [0.25, 0.3) is 0 Å². The van der Waals surface area contributed by atoms with Crippen LogP contribution < -0.4 is 10.1 Å². The van der Waals surface area contributed by atoms with Crippen molar-refractivity contribution in [1.29, 1.82) is 0 Å². The van der Waals surface area contributed by atoms with Gasteiger partial charge in [-0.2, -0.15) is 0 Å². The second-order valence-electron chi connectivity index (χ2n) is 3.98. The first-order chi connectivity index (χ1) is 8.30. The molecule has 0 radical (unpaired) electrons. The number of benzene rings is 1. The van der Waals surface area contributed by atoms with Crippen molar-refractivity contribution in [3.05, 3.63) is 29.8 Å². The van der Waals surface area contributed by atoms with Crippen LogP contribution in [-0.2, 0) is 6.42 Å². The highest BCUT2D eigenvalue weighted by molar-refractivity contribution is 5.29. The van der Waals surface area contributed by atoms with E-state index in [0.717, 1.165) is 25.0 Å². The molecule has 1 unspecified atom stereocenters. The molecule has 2 nitrogen and oxygen atoms in total. The summed E-state index contributed by atoms with van der Waals surface area (Å²) in [5, 5.41) is 3.21. The molecule has 0 amide bonds. The molecule has 2 heteroatoms. The first-order valence-corrected chi connectivity index (χ1v) is 6.08. The highest BCUT2D eigenvalue weighted by Crippen LogP contribution is 2.11. The molecule has 1 rings (SSSR count). The van der Waals surface area contributed by atoms with Gasteiger partial charge in [0.25, 0.3) is 0 Å². The van der Waals surface area contributed by atoms with Crippen LogP contribution >= 0.6 is 0 Å². The molecule has 0 heterocycles. The predicted molar refractivity (Wildman–Crippen MR) is 72.2 cm³/mol. The standard InChI is InChI=1S/C15H21NO/c1-4-6-14(16-2)8-5-7-13-9-11-15(17-3)12-10-13/h9-12,14,16H,4,6-7H2,1-3H3. The molecule has 0 aliphatic heterocycles. The fraction of sp³-hybridized carbons (Fsp3) is 0.467. The molecular formula is C15H21NO. The van der Waals surface area contributed by atoms with E-state index in [0.29, 0.717) is 6.04 Å². The fourth-order valence-electron chi connectivity index (χ4n) is 1.60. The van der Waals surface area contributed by atoms with Crippen molar-refractivity contribution in [2.45, 2.75) is 32.2 Å². The minimum atomic E-state index is 0.318. The maximum absolute atomic E-state index is 5.12. The molecule has 1 aromatic carbocycles. The molecule has 0 spiro atoms. The Morgan fingerprint density at radius 2 is 2.00 bits per heavy atom. The lowest BCUT2D eigenvalue weighted by molar-refractivity contribution is 0.414. The van der Waals surface area contributed by atoms with Crippen molar-refractivity contribution in [2.24, 2.45) is 0 Å². The van der Waals surface area contributed by atoms with Gasteiger partial charge in [0.05, 0.1) is 13.2 Å². The minimum absolute atomic E-state index is 0.318. The Labute approximate surface area is 104 Å². The zero-order valence-electron chi connectivity index (χ0n) is 10.9. The molecule has 17 heavy (non-hydrogen) atoms. The van der Waals surface area contributed by atoms with E-state index in [2.05, 4.69) is 36.2 Å². The van der Waals surface area contributed by atoms with E-state index >= 15 is 0 Å². The summed E-state index contributed by atoms with van der Waals surface area (Å²) in [5.41, 5.74) is 1.23. The van der Waals surface area contributed by atoms with Crippen LogP contribution in [0.5, 0.6) is 5.75 Å².